The molecule has 0 aromatic heterocycles. The molecule has 0 bridgehead atoms. The Kier molecular flexibility index (Phi) is 8.43. The summed E-state index contributed by atoms with van der Waals surface area (Å²) >= 11 is 12.4. The van der Waals surface area contributed by atoms with Crippen molar-refractivity contribution in [1.29, 1.82) is 0 Å². The first-order valence-electron chi connectivity index (χ1n) is 11.6. The Hall–Kier alpha value is -2.18. The summed E-state index contributed by atoms with van der Waals surface area (Å²) in [4.78, 5) is 13.1. The summed E-state index contributed by atoms with van der Waals surface area (Å²) in [5.41, 5.74) is 1.39. The van der Waals surface area contributed by atoms with Crippen LogP contribution in [0.4, 0.5) is 4.39 Å². The Balaban J connectivity index is 1.50. The first kappa shape index (κ1) is 24.9. The lowest BCUT2D eigenvalue weighted by Crippen LogP contribution is -2.32. The van der Waals surface area contributed by atoms with Crippen LogP contribution in [-0.2, 0) is 9.47 Å². The number of carbonyl (C=O) groups is 1. The third kappa shape index (κ3) is 6.08. The smallest absolute Gasteiger partial charge is 0.251 e. The third-order valence-electron chi connectivity index (χ3n) is 6.18. The molecule has 1 heterocycles. The van der Waals surface area contributed by atoms with Gasteiger partial charge < -0.3 is 14.8 Å². The van der Waals surface area contributed by atoms with Gasteiger partial charge in [0.1, 0.15) is 5.82 Å². The van der Waals surface area contributed by atoms with Gasteiger partial charge in [-0.3, -0.25) is 4.79 Å². The molecule has 1 saturated heterocycles. The van der Waals surface area contributed by atoms with Gasteiger partial charge in [-0.25, -0.2) is 4.39 Å². The van der Waals surface area contributed by atoms with E-state index < -0.39 is 0 Å². The van der Waals surface area contributed by atoms with Crippen LogP contribution < -0.4 is 5.32 Å². The molecule has 0 radical (unpaired) electrons. The van der Waals surface area contributed by atoms with Gasteiger partial charge in [0.15, 0.2) is 6.29 Å². The van der Waals surface area contributed by atoms with Gasteiger partial charge in [0.2, 0.25) is 0 Å². The van der Waals surface area contributed by atoms with Crippen LogP contribution in [0.5, 0.6) is 0 Å². The van der Waals surface area contributed by atoms with E-state index >= 15 is 0 Å². The number of benzene rings is 3. The van der Waals surface area contributed by atoms with E-state index in [0.29, 0.717) is 39.3 Å². The van der Waals surface area contributed by atoms with Gasteiger partial charge in [-0.15, -0.1) is 0 Å². The Morgan fingerprint density at radius 1 is 1.12 bits per heavy atom. The van der Waals surface area contributed by atoms with Gasteiger partial charge in [0.05, 0.1) is 16.1 Å². The Bertz CT molecular complexity index is 1150. The normalized spacial score (nSPS) is 17.9. The first-order valence-corrected chi connectivity index (χ1v) is 12.4. The number of amides is 1. The molecule has 1 aliphatic rings. The number of carbonyl (C=O) groups excluding carboxylic acids is 1. The standard InChI is InChI=1S/C27H28Cl2FNO3/c1-17(34-26-8-4-5-13-33-26)14-19(18-9-11-23(28)24(29)15-18)16-31-27(32)22-10-12-25(30)21-7-3-2-6-20(21)22/h2-3,6-7,9-12,15,17,19,26H,4-5,8,13-14,16H2,1H3,(H,31,32). The maximum Gasteiger partial charge on any atom is 0.251 e. The van der Waals surface area contributed by atoms with Crippen molar-refractivity contribution in [3.63, 3.8) is 0 Å². The van der Waals surface area contributed by atoms with Gasteiger partial charge in [0, 0.05) is 30.0 Å². The van der Waals surface area contributed by atoms with Gasteiger partial charge in [-0.1, -0.05) is 53.5 Å². The molecule has 0 spiro atoms. The fourth-order valence-electron chi connectivity index (χ4n) is 4.41. The minimum Gasteiger partial charge on any atom is -0.353 e. The average molecular weight is 504 g/mol. The number of hydrogen-bond acceptors (Lipinski definition) is 3. The molecule has 4 nitrogen and oxygen atoms in total. The second kappa shape index (κ2) is 11.5. The van der Waals surface area contributed by atoms with Crippen LogP contribution in [-0.4, -0.2) is 31.5 Å². The van der Waals surface area contributed by atoms with Crippen molar-refractivity contribution in [3.8, 4) is 0 Å². The van der Waals surface area contributed by atoms with Crippen molar-refractivity contribution in [2.45, 2.75) is 50.9 Å². The number of halogens is 3. The summed E-state index contributed by atoms with van der Waals surface area (Å²) in [5, 5.41) is 4.97. The minimum atomic E-state index is -0.350. The zero-order chi connectivity index (χ0) is 24.1. The van der Waals surface area contributed by atoms with E-state index in [1.165, 1.54) is 12.1 Å². The lowest BCUT2D eigenvalue weighted by atomic mass is 9.93. The SMILES string of the molecule is CC(CC(CNC(=O)c1ccc(F)c2ccccc12)c1ccc(Cl)c(Cl)c1)OC1CCCCO1. The lowest BCUT2D eigenvalue weighted by Gasteiger charge is -2.28. The Labute approximate surface area is 209 Å². The molecule has 3 aromatic carbocycles. The van der Waals surface area contributed by atoms with Crippen molar-refractivity contribution in [1.82, 2.24) is 5.32 Å². The maximum atomic E-state index is 14.2. The van der Waals surface area contributed by atoms with Gasteiger partial charge >= 0.3 is 0 Å². The van der Waals surface area contributed by atoms with Crippen molar-refractivity contribution in [2.24, 2.45) is 0 Å². The summed E-state index contributed by atoms with van der Waals surface area (Å²) in [5.74, 6) is -0.675. The molecule has 3 unspecified atom stereocenters. The molecule has 1 aliphatic heterocycles. The number of hydrogen-bond donors (Lipinski definition) is 1. The zero-order valence-electron chi connectivity index (χ0n) is 19.0. The molecule has 180 valence electrons. The molecule has 4 rings (SSSR count). The molecule has 3 aromatic rings. The van der Waals surface area contributed by atoms with E-state index in [1.54, 1.807) is 30.3 Å². The van der Waals surface area contributed by atoms with E-state index in [0.717, 1.165) is 31.4 Å². The second-order valence-corrected chi connectivity index (χ2v) is 9.51. The minimum absolute atomic E-state index is 0.0657. The second-order valence-electron chi connectivity index (χ2n) is 8.70. The molecule has 0 saturated carbocycles. The largest absolute Gasteiger partial charge is 0.353 e. The van der Waals surface area contributed by atoms with E-state index in [2.05, 4.69) is 5.32 Å². The van der Waals surface area contributed by atoms with Crippen LogP contribution in [0.2, 0.25) is 10.0 Å². The predicted molar refractivity (Wildman–Crippen MR) is 134 cm³/mol. The summed E-state index contributed by atoms with van der Waals surface area (Å²) in [6, 6.07) is 15.3. The molecular weight excluding hydrogens is 476 g/mol. The molecule has 0 aliphatic carbocycles. The highest BCUT2D eigenvalue weighted by Crippen LogP contribution is 2.30. The molecule has 34 heavy (non-hydrogen) atoms. The van der Waals surface area contributed by atoms with Crippen LogP contribution in [0.1, 0.15) is 54.4 Å². The molecule has 1 N–H and O–H groups in total. The Morgan fingerprint density at radius 2 is 1.91 bits per heavy atom. The Morgan fingerprint density at radius 3 is 2.65 bits per heavy atom. The van der Waals surface area contributed by atoms with Crippen LogP contribution in [0, 0.1) is 5.82 Å². The highest BCUT2D eigenvalue weighted by molar-refractivity contribution is 6.42. The summed E-state index contributed by atoms with van der Waals surface area (Å²) in [7, 11) is 0. The number of fused-ring (bicyclic) bond motifs is 1. The first-order chi connectivity index (χ1) is 16.4. The number of nitrogens with one attached hydrogen (secondary N) is 1. The van der Waals surface area contributed by atoms with Gasteiger partial charge in [-0.2, -0.15) is 0 Å². The van der Waals surface area contributed by atoms with Crippen molar-refractivity contribution in [3.05, 3.63) is 81.6 Å². The highest BCUT2D eigenvalue weighted by Gasteiger charge is 2.23. The van der Waals surface area contributed by atoms with Gasteiger partial charge in [-0.05, 0) is 67.8 Å². The number of rotatable bonds is 8. The van der Waals surface area contributed by atoms with Crippen molar-refractivity contribution >= 4 is 39.9 Å². The number of ether oxygens (including phenoxy) is 2. The zero-order valence-corrected chi connectivity index (χ0v) is 20.5. The van der Waals surface area contributed by atoms with E-state index in [1.807, 2.05) is 19.1 Å². The molecule has 1 amide bonds. The quantitative estimate of drug-likeness (QED) is 0.355. The van der Waals surface area contributed by atoms with Crippen molar-refractivity contribution in [2.75, 3.05) is 13.2 Å². The summed E-state index contributed by atoms with van der Waals surface area (Å²) < 4.78 is 26.0. The molecule has 1 fully saturated rings. The summed E-state index contributed by atoms with van der Waals surface area (Å²) in [6.07, 6.45) is 3.40. The van der Waals surface area contributed by atoms with E-state index in [4.69, 9.17) is 32.7 Å². The van der Waals surface area contributed by atoms with Crippen LogP contribution in [0.3, 0.4) is 0 Å². The molecular formula is C27H28Cl2FNO3. The predicted octanol–water partition coefficient (Wildman–Crippen LogP) is 7.12. The van der Waals surface area contributed by atoms with Crippen molar-refractivity contribution < 1.29 is 18.7 Å². The monoisotopic (exact) mass is 503 g/mol. The van der Waals surface area contributed by atoms with Gasteiger partial charge in [0.25, 0.3) is 5.91 Å². The topological polar surface area (TPSA) is 47.6 Å². The highest BCUT2D eigenvalue weighted by atomic mass is 35.5. The van der Waals surface area contributed by atoms with Crippen LogP contribution >= 0.6 is 23.2 Å². The summed E-state index contributed by atoms with van der Waals surface area (Å²) in [6.45, 7) is 3.09. The van der Waals surface area contributed by atoms with Crippen LogP contribution in [0.25, 0.3) is 10.8 Å². The average Bonchev–Trinajstić information content (AvgIpc) is 2.84. The fourth-order valence-corrected chi connectivity index (χ4v) is 4.72. The van der Waals surface area contributed by atoms with E-state index in [-0.39, 0.29) is 30.0 Å². The molecule has 7 heteroatoms. The van der Waals surface area contributed by atoms with Crippen LogP contribution in [0.15, 0.2) is 54.6 Å². The third-order valence-corrected chi connectivity index (χ3v) is 6.92. The fraction of sp³-hybridized carbons (Fsp3) is 0.370. The maximum absolute atomic E-state index is 14.2. The van der Waals surface area contributed by atoms with E-state index in [9.17, 15) is 9.18 Å². The molecule has 3 atom stereocenters. The lowest BCUT2D eigenvalue weighted by molar-refractivity contribution is -0.186.